The van der Waals surface area contributed by atoms with Crippen LogP contribution in [0.4, 0.5) is 13.2 Å². The van der Waals surface area contributed by atoms with E-state index in [2.05, 4.69) is 10.2 Å². The smallest absolute Gasteiger partial charge is 0.405 e. The third-order valence-electron chi connectivity index (χ3n) is 4.20. The van der Waals surface area contributed by atoms with Gasteiger partial charge >= 0.3 is 6.18 Å². The standard InChI is InChI=1S/C16H17F3N4O3/c17-16(18,19)9-20-14(24)10-3-5-23(6-4-10)15(25)12-8-11(21-22-12)13-2-1-7-26-13/h1-2,7-8,10H,3-6,9H2,(H,20,24)(H,21,22). The largest absolute Gasteiger partial charge is 0.463 e. The first kappa shape index (κ1) is 18.0. The maximum atomic E-state index is 12.5. The van der Waals surface area contributed by atoms with Gasteiger partial charge in [-0.25, -0.2) is 0 Å². The van der Waals surface area contributed by atoms with Gasteiger partial charge in [-0.3, -0.25) is 14.7 Å². The minimum Gasteiger partial charge on any atom is -0.463 e. The molecule has 0 saturated carbocycles. The molecule has 0 bridgehead atoms. The molecule has 0 aromatic carbocycles. The minimum atomic E-state index is -4.43. The van der Waals surface area contributed by atoms with Crippen molar-refractivity contribution in [1.29, 1.82) is 0 Å². The van der Waals surface area contributed by atoms with Crippen molar-refractivity contribution >= 4 is 11.8 Å². The van der Waals surface area contributed by atoms with Crippen molar-refractivity contribution in [2.24, 2.45) is 5.92 Å². The van der Waals surface area contributed by atoms with Gasteiger partial charge in [0.05, 0.1) is 6.26 Å². The maximum Gasteiger partial charge on any atom is 0.405 e. The number of piperidine rings is 1. The second kappa shape index (κ2) is 7.22. The lowest BCUT2D eigenvalue weighted by atomic mass is 9.95. The zero-order chi connectivity index (χ0) is 18.7. The molecule has 0 radical (unpaired) electrons. The molecule has 1 fully saturated rings. The van der Waals surface area contributed by atoms with Crippen LogP contribution in [0.2, 0.25) is 0 Å². The van der Waals surface area contributed by atoms with E-state index < -0.39 is 24.5 Å². The Morgan fingerprint density at radius 2 is 2.08 bits per heavy atom. The third-order valence-corrected chi connectivity index (χ3v) is 4.20. The SMILES string of the molecule is O=C(NCC(F)(F)F)C1CCN(C(=O)c2cc(-c3ccco3)[nH]n2)CC1. The van der Waals surface area contributed by atoms with Crippen LogP contribution < -0.4 is 5.32 Å². The number of halogens is 3. The van der Waals surface area contributed by atoms with E-state index in [1.54, 1.807) is 18.2 Å². The van der Waals surface area contributed by atoms with Gasteiger partial charge in [-0.05, 0) is 25.0 Å². The van der Waals surface area contributed by atoms with Crippen LogP contribution in [-0.2, 0) is 4.79 Å². The number of carbonyl (C=O) groups is 2. The molecule has 3 rings (SSSR count). The summed E-state index contributed by atoms with van der Waals surface area (Å²) in [6.07, 6.45) is -2.31. The highest BCUT2D eigenvalue weighted by atomic mass is 19.4. The Balaban J connectivity index is 1.53. The molecular formula is C16H17F3N4O3. The van der Waals surface area contributed by atoms with Crippen LogP contribution in [0.1, 0.15) is 23.3 Å². The Morgan fingerprint density at radius 1 is 1.35 bits per heavy atom. The van der Waals surface area contributed by atoms with E-state index in [0.29, 0.717) is 24.3 Å². The molecule has 2 amide bonds. The molecule has 7 nitrogen and oxygen atoms in total. The van der Waals surface area contributed by atoms with Crippen molar-refractivity contribution < 1.29 is 27.2 Å². The topological polar surface area (TPSA) is 91.2 Å². The summed E-state index contributed by atoms with van der Waals surface area (Å²) in [5.74, 6) is -0.904. The molecular weight excluding hydrogens is 353 g/mol. The summed E-state index contributed by atoms with van der Waals surface area (Å²) in [6, 6.07) is 5.02. The van der Waals surface area contributed by atoms with E-state index in [4.69, 9.17) is 4.42 Å². The molecule has 1 saturated heterocycles. The predicted octanol–water partition coefficient (Wildman–Crippen LogP) is 2.20. The van der Waals surface area contributed by atoms with Crippen molar-refractivity contribution in [2.75, 3.05) is 19.6 Å². The number of aromatic amines is 1. The van der Waals surface area contributed by atoms with Gasteiger partial charge in [0.15, 0.2) is 11.5 Å². The molecule has 26 heavy (non-hydrogen) atoms. The minimum absolute atomic E-state index is 0.219. The van der Waals surface area contributed by atoms with Crippen LogP contribution in [0.5, 0.6) is 0 Å². The van der Waals surface area contributed by atoms with Gasteiger partial charge < -0.3 is 14.6 Å². The fourth-order valence-corrected chi connectivity index (χ4v) is 2.83. The van der Waals surface area contributed by atoms with Crippen LogP contribution in [-0.4, -0.2) is 52.7 Å². The van der Waals surface area contributed by atoms with Gasteiger partial charge in [-0.1, -0.05) is 0 Å². The highest BCUT2D eigenvalue weighted by Crippen LogP contribution is 2.22. The molecule has 2 aromatic rings. The number of carbonyl (C=O) groups excluding carboxylic acids is 2. The summed E-state index contributed by atoms with van der Waals surface area (Å²) in [4.78, 5) is 25.8. The summed E-state index contributed by atoms with van der Waals surface area (Å²) in [6.45, 7) is -0.772. The molecule has 0 unspecified atom stereocenters. The number of alkyl halides is 3. The summed E-state index contributed by atoms with van der Waals surface area (Å²) in [5.41, 5.74) is 0.788. The van der Waals surface area contributed by atoms with Gasteiger partial charge in [-0.2, -0.15) is 18.3 Å². The number of nitrogens with one attached hydrogen (secondary N) is 2. The summed E-state index contributed by atoms with van der Waals surface area (Å²) >= 11 is 0. The van der Waals surface area contributed by atoms with Gasteiger partial charge in [0.1, 0.15) is 12.2 Å². The van der Waals surface area contributed by atoms with E-state index >= 15 is 0 Å². The van der Waals surface area contributed by atoms with Crippen molar-refractivity contribution in [3.63, 3.8) is 0 Å². The Hall–Kier alpha value is -2.78. The summed E-state index contributed by atoms with van der Waals surface area (Å²) in [5, 5.41) is 8.59. The number of hydrogen-bond donors (Lipinski definition) is 2. The fraction of sp³-hybridized carbons (Fsp3) is 0.438. The fourth-order valence-electron chi connectivity index (χ4n) is 2.83. The molecule has 3 heterocycles. The maximum absolute atomic E-state index is 12.5. The molecule has 0 aliphatic carbocycles. The Bertz CT molecular complexity index is 762. The highest BCUT2D eigenvalue weighted by molar-refractivity contribution is 5.93. The molecule has 0 atom stereocenters. The van der Waals surface area contributed by atoms with Crippen LogP contribution in [0.25, 0.3) is 11.5 Å². The molecule has 0 spiro atoms. The van der Waals surface area contributed by atoms with Gasteiger partial charge in [0.2, 0.25) is 5.91 Å². The first-order valence-electron chi connectivity index (χ1n) is 8.06. The first-order chi connectivity index (χ1) is 12.3. The third kappa shape index (κ3) is 4.24. The molecule has 10 heteroatoms. The summed E-state index contributed by atoms with van der Waals surface area (Å²) < 4.78 is 41.7. The Morgan fingerprint density at radius 3 is 2.69 bits per heavy atom. The number of furan rings is 1. The molecule has 1 aliphatic heterocycles. The average Bonchev–Trinajstić information content (AvgIpc) is 3.29. The van der Waals surface area contributed by atoms with Crippen LogP contribution in [0, 0.1) is 5.92 Å². The first-order valence-corrected chi connectivity index (χ1v) is 8.06. The van der Waals surface area contributed by atoms with Gasteiger partial charge in [0.25, 0.3) is 5.91 Å². The monoisotopic (exact) mass is 370 g/mol. The Kier molecular flexibility index (Phi) is 5.01. The van der Waals surface area contributed by atoms with Crippen LogP contribution >= 0.6 is 0 Å². The second-order valence-corrected chi connectivity index (χ2v) is 6.04. The second-order valence-electron chi connectivity index (χ2n) is 6.04. The van der Waals surface area contributed by atoms with Crippen molar-refractivity contribution in [1.82, 2.24) is 20.4 Å². The highest BCUT2D eigenvalue weighted by Gasteiger charge is 2.32. The normalized spacial score (nSPS) is 15.9. The number of amides is 2. The quantitative estimate of drug-likeness (QED) is 0.863. The van der Waals surface area contributed by atoms with Gasteiger partial charge in [0, 0.05) is 25.1 Å². The number of rotatable bonds is 4. The number of aromatic nitrogens is 2. The van der Waals surface area contributed by atoms with E-state index in [-0.39, 0.29) is 24.7 Å². The van der Waals surface area contributed by atoms with Crippen molar-refractivity contribution in [3.05, 3.63) is 30.2 Å². The zero-order valence-corrected chi connectivity index (χ0v) is 13.7. The molecule has 140 valence electrons. The number of nitrogens with zero attached hydrogens (tertiary/aromatic N) is 2. The van der Waals surface area contributed by atoms with Crippen molar-refractivity contribution in [3.8, 4) is 11.5 Å². The zero-order valence-electron chi connectivity index (χ0n) is 13.7. The van der Waals surface area contributed by atoms with Crippen LogP contribution in [0.15, 0.2) is 28.9 Å². The van der Waals surface area contributed by atoms with Crippen LogP contribution in [0.3, 0.4) is 0 Å². The number of likely N-dealkylation sites (tertiary alicyclic amines) is 1. The lowest BCUT2D eigenvalue weighted by Crippen LogP contribution is -2.44. The van der Waals surface area contributed by atoms with E-state index in [0.717, 1.165) is 0 Å². The molecule has 2 N–H and O–H groups in total. The predicted molar refractivity (Wildman–Crippen MR) is 84.0 cm³/mol. The van der Waals surface area contributed by atoms with E-state index in [1.165, 1.54) is 11.2 Å². The van der Waals surface area contributed by atoms with E-state index in [9.17, 15) is 22.8 Å². The average molecular weight is 370 g/mol. The lowest BCUT2D eigenvalue weighted by molar-refractivity contribution is -0.141. The molecule has 1 aliphatic rings. The Labute approximate surface area is 146 Å². The van der Waals surface area contributed by atoms with Crippen molar-refractivity contribution in [2.45, 2.75) is 19.0 Å². The van der Waals surface area contributed by atoms with E-state index in [1.807, 2.05) is 5.32 Å². The summed E-state index contributed by atoms with van der Waals surface area (Å²) in [7, 11) is 0. The number of hydrogen-bond acceptors (Lipinski definition) is 4. The number of H-pyrrole nitrogens is 1. The molecule has 2 aromatic heterocycles. The van der Waals surface area contributed by atoms with Gasteiger partial charge in [-0.15, -0.1) is 0 Å². The lowest BCUT2D eigenvalue weighted by Gasteiger charge is -2.30.